The molecule has 0 aliphatic heterocycles. The van der Waals surface area contributed by atoms with E-state index in [0.29, 0.717) is 18.9 Å². The van der Waals surface area contributed by atoms with Crippen molar-refractivity contribution >= 4 is 35.1 Å². The maximum absolute atomic E-state index is 7.22. The predicted octanol–water partition coefficient (Wildman–Crippen LogP) is 0.121. The normalized spacial score (nSPS) is 13.2. The van der Waals surface area contributed by atoms with Gasteiger partial charge in [-0.15, -0.1) is 28.3 Å². The average molecular weight is 301 g/mol. The van der Waals surface area contributed by atoms with Crippen LogP contribution in [0.25, 0.3) is 0 Å². The number of alkyl halides is 2. The van der Waals surface area contributed by atoms with Crippen LogP contribution in [0.3, 0.4) is 0 Å². The molecule has 18 heavy (non-hydrogen) atoms. The minimum Gasteiger partial charge on any atom is -0.367 e. The highest BCUT2D eigenvalue weighted by Gasteiger charge is 2.09. The van der Waals surface area contributed by atoms with Crippen LogP contribution in [0.2, 0.25) is 0 Å². The summed E-state index contributed by atoms with van der Waals surface area (Å²) in [6.45, 7) is 2.23. The number of hydrogen-bond acceptors (Lipinski definition) is 4. The van der Waals surface area contributed by atoms with Crippen LogP contribution in [0.4, 0.5) is 0 Å². The number of nitrogens with two attached hydrogens (primary N) is 2. The lowest BCUT2D eigenvalue weighted by molar-refractivity contribution is -0.100. The molecule has 0 spiro atoms. The largest absolute Gasteiger partial charge is 0.367 e. The fourth-order valence-corrected chi connectivity index (χ4v) is 0.861. The Balaban J connectivity index is 4.14. The number of hydrogen-bond donors (Lipinski definition) is 4. The van der Waals surface area contributed by atoms with E-state index >= 15 is 0 Å². The van der Waals surface area contributed by atoms with Crippen molar-refractivity contribution in [3.63, 3.8) is 0 Å². The van der Waals surface area contributed by atoms with Gasteiger partial charge in [-0.2, -0.15) is 0 Å². The van der Waals surface area contributed by atoms with Crippen molar-refractivity contribution in [2.24, 2.45) is 16.6 Å². The molecular weight excluding hydrogens is 283 g/mol. The third-order valence-corrected chi connectivity index (χ3v) is 1.78. The molecule has 8 nitrogen and oxygen atoms in total. The molecule has 0 rings (SSSR count). The SMILES string of the molecule is CC(Cl)CON(N=C(N)NOCCCCl)C(=N)N. The lowest BCUT2D eigenvalue weighted by atomic mass is 10.5. The molecule has 0 heterocycles. The van der Waals surface area contributed by atoms with Crippen LogP contribution < -0.4 is 16.9 Å². The smallest absolute Gasteiger partial charge is 0.238 e. The summed E-state index contributed by atoms with van der Waals surface area (Å²) in [5.74, 6) is -0.0607. The van der Waals surface area contributed by atoms with Gasteiger partial charge in [0, 0.05) is 5.88 Å². The van der Waals surface area contributed by atoms with Gasteiger partial charge in [-0.25, -0.2) is 10.3 Å². The Morgan fingerprint density at radius 1 is 1.56 bits per heavy atom. The summed E-state index contributed by atoms with van der Waals surface area (Å²) in [5, 5.41) is 11.4. The summed E-state index contributed by atoms with van der Waals surface area (Å²) in [6, 6.07) is 0. The topological polar surface area (TPSA) is 122 Å². The molecule has 6 N–H and O–H groups in total. The van der Waals surface area contributed by atoms with Crippen molar-refractivity contribution in [2.45, 2.75) is 18.7 Å². The van der Waals surface area contributed by atoms with E-state index < -0.39 is 5.96 Å². The molecule has 0 fully saturated rings. The van der Waals surface area contributed by atoms with Gasteiger partial charge in [0.15, 0.2) is 0 Å². The molecule has 0 aromatic rings. The first-order valence-electron chi connectivity index (χ1n) is 5.16. The third kappa shape index (κ3) is 9.11. The van der Waals surface area contributed by atoms with Crippen molar-refractivity contribution < 1.29 is 9.68 Å². The summed E-state index contributed by atoms with van der Waals surface area (Å²) in [4.78, 5) is 9.96. The van der Waals surface area contributed by atoms with Gasteiger partial charge in [-0.05, 0) is 13.3 Å². The number of halogens is 2. The van der Waals surface area contributed by atoms with E-state index in [1.807, 2.05) is 0 Å². The number of nitrogens with zero attached hydrogens (tertiary/aromatic N) is 2. The maximum atomic E-state index is 7.22. The van der Waals surface area contributed by atoms with E-state index in [1.54, 1.807) is 6.92 Å². The molecular formula is C8H18Cl2N6O2. The highest BCUT2D eigenvalue weighted by atomic mass is 35.5. The summed E-state index contributed by atoms with van der Waals surface area (Å²) >= 11 is 11.1. The summed E-state index contributed by atoms with van der Waals surface area (Å²) in [6.07, 6.45) is 0.665. The molecule has 0 aliphatic carbocycles. The van der Waals surface area contributed by atoms with E-state index in [2.05, 4.69) is 10.6 Å². The molecule has 1 atom stereocenters. The Morgan fingerprint density at radius 2 is 2.22 bits per heavy atom. The van der Waals surface area contributed by atoms with E-state index in [4.69, 9.17) is 49.8 Å². The number of nitrogens with one attached hydrogen (secondary N) is 2. The van der Waals surface area contributed by atoms with Gasteiger partial charge in [0.05, 0.1) is 18.6 Å². The molecule has 10 heteroatoms. The average Bonchev–Trinajstić information content (AvgIpc) is 2.29. The van der Waals surface area contributed by atoms with E-state index in [1.165, 1.54) is 0 Å². The Morgan fingerprint density at radius 3 is 2.72 bits per heavy atom. The molecule has 0 saturated heterocycles. The Hall–Kier alpha value is -0.960. The Labute approximate surface area is 116 Å². The van der Waals surface area contributed by atoms with Crippen molar-refractivity contribution in [2.75, 3.05) is 19.1 Å². The second-order valence-electron chi connectivity index (χ2n) is 3.21. The minimum atomic E-state index is -0.433. The van der Waals surface area contributed by atoms with Gasteiger partial charge in [-0.3, -0.25) is 10.2 Å². The third-order valence-electron chi connectivity index (χ3n) is 1.39. The van der Waals surface area contributed by atoms with Crippen LogP contribution in [-0.2, 0) is 9.68 Å². The van der Waals surface area contributed by atoms with Crippen LogP contribution >= 0.6 is 23.2 Å². The second kappa shape index (κ2) is 10.0. The van der Waals surface area contributed by atoms with E-state index in [0.717, 1.165) is 5.17 Å². The second-order valence-corrected chi connectivity index (χ2v) is 4.34. The maximum Gasteiger partial charge on any atom is 0.238 e. The summed E-state index contributed by atoms with van der Waals surface area (Å²) < 4.78 is 0. The van der Waals surface area contributed by atoms with Crippen molar-refractivity contribution in [3.05, 3.63) is 0 Å². The van der Waals surface area contributed by atoms with Crippen LogP contribution in [-0.4, -0.2) is 41.6 Å². The Kier molecular flexibility index (Phi) is 9.47. The first-order chi connectivity index (χ1) is 8.47. The van der Waals surface area contributed by atoms with Crippen molar-refractivity contribution in [1.29, 1.82) is 5.41 Å². The van der Waals surface area contributed by atoms with E-state index in [9.17, 15) is 0 Å². The molecule has 0 amide bonds. The van der Waals surface area contributed by atoms with Crippen molar-refractivity contribution in [3.8, 4) is 0 Å². The van der Waals surface area contributed by atoms with Gasteiger partial charge >= 0.3 is 0 Å². The van der Waals surface area contributed by atoms with Crippen LogP contribution in [0.5, 0.6) is 0 Å². The van der Waals surface area contributed by atoms with Crippen LogP contribution in [0.1, 0.15) is 13.3 Å². The molecule has 0 bridgehead atoms. The van der Waals surface area contributed by atoms with Gasteiger partial charge in [0.25, 0.3) is 0 Å². The number of hydroxylamine groups is 2. The standard InChI is InChI=1S/C8H18Cl2N6O2/c1-6(10)5-18-16(7(11)12)14-8(13)15-17-4-2-3-9/h6H,2-5H2,1H3,(H3,11,12)(H3,13,14,15). The first-order valence-corrected chi connectivity index (χ1v) is 6.13. The van der Waals surface area contributed by atoms with Crippen LogP contribution in [0.15, 0.2) is 5.10 Å². The first kappa shape index (κ1) is 17.0. The van der Waals surface area contributed by atoms with E-state index in [-0.39, 0.29) is 17.9 Å². The van der Waals surface area contributed by atoms with Crippen LogP contribution in [0, 0.1) is 5.41 Å². The molecule has 1 unspecified atom stereocenters. The summed E-state index contributed by atoms with van der Waals surface area (Å²) in [7, 11) is 0. The molecule has 0 saturated carbocycles. The fraction of sp³-hybridized carbons (Fsp3) is 0.750. The quantitative estimate of drug-likeness (QED) is 0.166. The molecule has 0 radical (unpaired) electrons. The molecule has 0 aromatic heterocycles. The van der Waals surface area contributed by atoms with Gasteiger partial charge in [0.2, 0.25) is 11.9 Å². The number of guanidine groups is 2. The molecule has 106 valence electrons. The zero-order chi connectivity index (χ0) is 14.0. The lowest BCUT2D eigenvalue weighted by Gasteiger charge is -2.17. The fourth-order valence-electron chi connectivity index (χ4n) is 0.696. The monoisotopic (exact) mass is 300 g/mol. The minimum absolute atomic E-state index is 0.109. The number of hydrazone groups is 1. The Bertz CT molecular complexity index is 276. The zero-order valence-corrected chi connectivity index (χ0v) is 11.5. The molecule has 0 aliphatic rings. The highest BCUT2D eigenvalue weighted by Crippen LogP contribution is 1.98. The van der Waals surface area contributed by atoms with Gasteiger partial charge in [-0.1, -0.05) is 5.17 Å². The summed E-state index contributed by atoms with van der Waals surface area (Å²) in [5.41, 5.74) is 13.1. The van der Waals surface area contributed by atoms with Crippen molar-refractivity contribution in [1.82, 2.24) is 10.7 Å². The van der Waals surface area contributed by atoms with Gasteiger partial charge in [0.1, 0.15) is 0 Å². The lowest BCUT2D eigenvalue weighted by Crippen LogP contribution is -2.40. The predicted molar refractivity (Wildman–Crippen MR) is 71.1 cm³/mol. The van der Waals surface area contributed by atoms with Gasteiger partial charge < -0.3 is 11.5 Å². The molecule has 0 aromatic carbocycles. The number of rotatable bonds is 8. The zero-order valence-electron chi connectivity index (χ0n) is 10.0. The highest BCUT2D eigenvalue weighted by molar-refractivity contribution is 6.20.